The Morgan fingerprint density at radius 2 is 1.63 bits per heavy atom. The van der Waals surface area contributed by atoms with Crippen LogP contribution in [0, 0.1) is 25.7 Å². The normalized spacial score (nSPS) is 20.1. The molecule has 1 unspecified atom stereocenters. The summed E-state index contributed by atoms with van der Waals surface area (Å²) in [5.74, 6) is 0.225. The summed E-state index contributed by atoms with van der Waals surface area (Å²) < 4.78 is 104. The Kier molecular flexibility index (Phi) is 10.8. The highest BCUT2D eigenvalue weighted by Gasteiger charge is 2.40. The highest BCUT2D eigenvalue weighted by Crippen LogP contribution is 2.47. The summed E-state index contributed by atoms with van der Waals surface area (Å²) in [5, 5.41) is 12.4. The zero-order valence-electron chi connectivity index (χ0n) is 28.0. The molecule has 1 aromatic heterocycles. The second kappa shape index (κ2) is 14.5. The molecule has 0 amide bonds. The van der Waals surface area contributed by atoms with Gasteiger partial charge in [-0.3, -0.25) is 4.79 Å². The first-order chi connectivity index (χ1) is 23.1. The number of aryl methyl sites for hydroxylation is 2. The fourth-order valence-electron chi connectivity index (χ4n) is 7.61. The number of ether oxygens (including phenoxy) is 1. The molecule has 1 saturated carbocycles. The molecule has 5 rings (SSSR count). The Morgan fingerprint density at radius 1 is 0.959 bits per heavy atom. The van der Waals surface area contributed by atoms with Gasteiger partial charge in [0.2, 0.25) is 0 Å². The lowest BCUT2D eigenvalue weighted by molar-refractivity contribution is -0.142. The van der Waals surface area contributed by atoms with Crippen molar-refractivity contribution >= 4 is 17.6 Å². The van der Waals surface area contributed by atoms with Crippen LogP contribution in [0.1, 0.15) is 89.9 Å². The van der Waals surface area contributed by atoms with Gasteiger partial charge >= 0.3 is 18.3 Å². The van der Waals surface area contributed by atoms with E-state index >= 15 is 0 Å². The van der Waals surface area contributed by atoms with E-state index in [1.165, 1.54) is 44.9 Å². The van der Waals surface area contributed by atoms with E-state index in [-0.39, 0.29) is 52.6 Å². The number of rotatable bonds is 9. The summed E-state index contributed by atoms with van der Waals surface area (Å²) in [6, 6.07) is 3.96. The van der Waals surface area contributed by atoms with Crippen LogP contribution in [0.3, 0.4) is 0 Å². The third-order valence-electron chi connectivity index (χ3n) is 9.78. The van der Waals surface area contributed by atoms with Crippen LogP contribution in [-0.2, 0) is 42.2 Å². The molecule has 15 heteroatoms. The number of nitrogens with zero attached hydrogens (tertiary/aromatic N) is 6. The third kappa shape index (κ3) is 8.29. The first-order valence-electron chi connectivity index (χ1n) is 16.4. The highest BCUT2D eigenvalue weighted by atomic mass is 19.4. The fourth-order valence-corrected chi connectivity index (χ4v) is 7.61. The molecule has 2 aromatic carbocycles. The summed E-state index contributed by atoms with van der Waals surface area (Å²) >= 11 is 0. The average molecular weight is 699 g/mol. The molecule has 1 fully saturated rings. The highest BCUT2D eigenvalue weighted by molar-refractivity contribution is 5.69. The average Bonchev–Trinajstić information content (AvgIpc) is 3.38. The SMILES string of the molecule is COC(=O)CC1CCC(CN2CCCC(N(Cc3cc(CF)cc(C(F)(F)F)c3)c3nnn(C)n3)c3cc(C)c(C(F)(F)F)c(C)c32)CC1. The van der Waals surface area contributed by atoms with Gasteiger partial charge in [0.15, 0.2) is 0 Å². The van der Waals surface area contributed by atoms with Crippen LogP contribution in [0.15, 0.2) is 24.3 Å². The third-order valence-corrected chi connectivity index (χ3v) is 9.78. The zero-order chi connectivity index (χ0) is 35.7. The molecule has 0 saturated heterocycles. The van der Waals surface area contributed by atoms with Gasteiger partial charge in [0, 0.05) is 31.7 Å². The number of anilines is 2. The Bertz CT molecular complexity index is 1630. The molecule has 0 N–H and O–H groups in total. The number of tetrazole rings is 1. The number of hydrogen-bond donors (Lipinski definition) is 0. The van der Waals surface area contributed by atoms with E-state index in [1.807, 2.05) is 4.90 Å². The number of benzene rings is 2. The number of methoxy groups -OCH3 is 1. The van der Waals surface area contributed by atoms with E-state index in [1.54, 1.807) is 4.90 Å². The van der Waals surface area contributed by atoms with Crippen LogP contribution in [0.25, 0.3) is 0 Å². The summed E-state index contributed by atoms with van der Waals surface area (Å²) in [4.78, 5) is 16.7. The van der Waals surface area contributed by atoms with Gasteiger partial charge in [-0.05, 0) is 109 Å². The predicted molar refractivity (Wildman–Crippen MR) is 168 cm³/mol. The summed E-state index contributed by atoms with van der Waals surface area (Å²) in [6.07, 6.45) is -4.73. The quantitative estimate of drug-likeness (QED) is 0.165. The van der Waals surface area contributed by atoms with Crippen molar-refractivity contribution in [1.82, 2.24) is 20.2 Å². The minimum absolute atomic E-state index is 0.0322. The Labute approximate surface area is 280 Å². The minimum Gasteiger partial charge on any atom is -0.469 e. The lowest BCUT2D eigenvalue weighted by atomic mass is 9.80. The molecular formula is C34H41F7N6O2. The molecule has 0 radical (unpaired) electrons. The summed E-state index contributed by atoms with van der Waals surface area (Å²) in [6.45, 7) is 2.59. The van der Waals surface area contributed by atoms with E-state index in [0.717, 1.165) is 37.8 Å². The van der Waals surface area contributed by atoms with Crippen molar-refractivity contribution < 1.29 is 40.3 Å². The molecule has 1 aliphatic heterocycles. The molecule has 1 aliphatic carbocycles. The van der Waals surface area contributed by atoms with Crippen molar-refractivity contribution in [3.63, 3.8) is 0 Å². The number of hydrogen-bond acceptors (Lipinski definition) is 7. The molecule has 1 atom stereocenters. The van der Waals surface area contributed by atoms with E-state index < -0.39 is 36.2 Å². The Hall–Kier alpha value is -3.91. The number of carbonyl (C=O) groups is 1. The van der Waals surface area contributed by atoms with Gasteiger partial charge in [-0.25, -0.2) is 4.39 Å². The molecule has 2 heterocycles. The largest absolute Gasteiger partial charge is 0.469 e. The fraction of sp³-hybridized carbons (Fsp3) is 0.588. The monoisotopic (exact) mass is 698 g/mol. The maximum Gasteiger partial charge on any atom is 0.416 e. The van der Waals surface area contributed by atoms with E-state index in [2.05, 4.69) is 15.4 Å². The maximum atomic E-state index is 14.5. The summed E-state index contributed by atoms with van der Waals surface area (Å²) in [5.41, 5.74) is -0.559. The molecule has 3 aromatic rings. The number of esters is 1. The van der Waals surface area contributed by atoms with Crippen LogP contribution in [0.5, 0.6) is 0 Å². The molecule has 0 bridgehead atoms. The minimum atomic E-state index is -4.72. The van der Waals surface area contributed by atoms with E-state index in [0.29, 0.717) is 43.6 Å². The first-order valence-corrected chi connectivity index (χ1v) is 16.4. The number of halogens is 7. The van der Waals surface area contributed by atoms with Crippen LogP contribution in [-0.4, -0.2) is 46.4 Å². The first kappa shape index (κ1) is 36.4. The van der Waals surface area contributed by atoms with Gasteiger partial charge < -0.3 is 14.5 Å². The molecule has 268 valence electrons. The van der Waals surface area contributed by atoms with Crippen molar-refractivity contribution in [2.75, 3.05) is 30.0 Å². The second-order valence-corrected chi connectivity index (χ2v) is 13.3. The van der Waals surface area contributed by atoms with Gasteiger partial charge in [-0.1, -0.05) is 17.2 Å². The lowest BCUT2D eigenvalue weighted by Gasteiger charge is -2.37. The van der Waals surface area contributed by atoms with E-state index in [9.17, 15) is 35.5 Å². The maximum absolute atomic E-state index is 14.5. The molecule has 0 spiro atoms. The molecule has 49 heavy (non-hydrogen) atoms. The Balaban J connectivity index is 1.57. The van der Waals surface area contributed by atoms with Crippen LogP contribution in [0.2, 0.25) is 0 Å². The van der Waals surface area contributed by atoms with Crippen LogP contribution < -0.4 is 9.80 Å². The van der Waals surface area contributed by atoms with Gasteiger partial charge in [-0.2, -0.15) is 31.1 Å². The van der Waals surface area contributed by atoms with Gasteiger partial charge in [-0.15, -0.1) is 5.10 Å². The number of fused-ring (bicyclic) bond motifs is 1. The van der Waals surface area contributed by atoms with Gasteiger partial charge in [0.05, 0.1) is 31.3 Å². The van der Waals surface area contributed by atoms with Gasteiger partial charge in [0.25, 0.3) is 5.95 Å². The summed E-state index contributed by atoms with van der Waals surface area (Å²) in [7, 11) is 2.90. The van der Waals surface area contributed by atoms with E-state index in [4.69, 9.17) is 4.74 Å². The lowest BCUT2D eigenvalue weighted by Crippen LogP contribution is -2.34. The second-order valence-electron chi connectivity index (χ2n) is 13.3. The molecule has 8 nitrogen and oxygen atoms in total. The van der Waals surface area contributed by atoms with Crippen molar-refractivity contribution in [1.29, 1.82) is 0 Å². The smallest absolute Gasteiger partial charge is 0.416 e. The predicted octanol–water partition coefficient (Wildman–Crippen LogP) is 8.05. The number of aromatic nitrogens is 4. The molecular weight excluding hydrogens is 657 g/mol. The Morgan fingerprint density at radius 3 is 2.22 bits per heavy atom. The zero-order valence-corrected chi connectivity index (χ0v) is 28.0. The van der Waals surface area contributed by atoms with Crippen LogP contribution >= 0.6 is 0 Å². The van der Waals surface area contributed by atoms with Crippen molar-refractivity contribution in [3.8, 4) is 0 Å². The number of carbonyl (C=O) groups excluding carboxylic acids is 1. The van der Waals surface area contributed by atoms with Crippen molar-refractivity contribution in [2.24, 2.45) is 18.9 Å². The number of alkyl halides is 7. The molecule has 2 aliphatic rings. The van der Waals surface area contributed by atoms with Crippen molar-refractivity contribution in [2.45, 2.75) is 90.4 Å². The topological polar surface area (TPSA) is 76.4 Å². The standard InChI is InChI=1S/C34H41F7N6O2/c1-20-12-27-28(47(32-42-44-45(3)43-32)19-25-13-24(17-35)14-26(15-25)33(36,37)38)6-5-11-46(31(27)21(2)30(20)34(39,40)41)18-23-9-7-22(8-10-23)16-29(48)49-4/h12-15,22-23,28H,5-11,16-19H2,1-4H3. The van der Waals surface area contributed by atoms with Crippen LogP contribution in [0.4, 0.5) is 42.4 Å². The van der Waals surface area contributed by atoms with Crippen molar-refractivity contribution in [3.05, 3.63) is 63.2 Å². The van der Waals surface area contributed by atoms with Gasteiger partial charge in [0.1, 0.15) is 6.67 Å².